The predicted octanol–water partition coefficient (Wildman–Crippen LogP) is 3.54. The average molecular weight is 264 g/mol. The minimum absolute atomic E-state index is 0.0421. The van der Waals surface area contributed by atoms with E-state index in [0.29, 0.717) is 30.1 Å². The quantitative estimate of drug-likeness (QED) is 0.448. The number of aryl methyl sites for hydroxylation is 1. The number of rotatable bonds is 6. The lowest BCUT2D eigenvalue weighted by molar-refractivity contribution is -0.137. The molecule has 1 aromatic heterocycles. The van der Waals surface area contributed by atoms with Gasteiger partial charge in [0.05, 0.1) is 12.2 Å². The van der Waals surface area contributed by atoms with Crippen LogP contribution in [0, 0.1) is 6.92 Å². The van der Waals surface area contributed by atoms with Gasteiger partial charge < -0.3 is 9.15 Å². The van der Waals surface area contributed by atoms with Gasteiger partial charge in [0.15, 0.2) is 5.78 Å². The second kappa shape index (κ2) is 6.92. The second-order valence-corrected chi connectivity index (χ2v) is 4.31. The van der Waals surface area contributed by atoms with E-state index in [4.69, 9.17) is 9.15 Å². The molecule has 0 aromatic carbocycles. The Bertz CT molecular complexity index is 494. The number of furan rings is 1. The van der Waals surface area contributed by atoms with Gasteiger partial charge >= 0.3 is 5.97 Å². The third-order valence-corrected chi connectivity index (χ3v) is 2.71. The topological polar surface area (TPSA) is 56.5 Å². The highest BCUT2D eigenvalue weighted by Gasteiger charge is 2.15. The Balaban J connectivity index is 3.09. The Morgan fingerprint density at radius 1 is 1.37 bits per heavy atom. The van der Waals surface area contributed by atoms with E-state index in [2.05, 4.69) is 0 Å². The molecule has 0 N–H and O–H groups in total. The lowest BCUT2D eigenvalue weighted by Gasteiger charge is -2.02. The van der Waals surface area contributed by atoms with Gasteiger partial charge in [-0.3, -0.25) is 4.79 Å². The molecule has 1 heterocycles. The first kappa shape index (κ1) is 15.2. The highest BCUT2D eigenvalue weighted by atomic mass is 16.5. The zero-order chi connectivity index (χ0) is 14.4. The molecule has 0 aliphatic rings. The summed E-state index contributed by atoms with van der Waals surface area (Å²) in [4.78, 5) is 22.9. The zero-order valence-electron chi connectivity index (χ0n) is 11.9. The van der Waals surface area contributed by atoms with Crippen LogP contribution in [0.5, 0.6) is 0 Å². The normalized spacial score (nSPS) is 11.5. The highest BCUT2D eigenvalue weighted by molar-refractivity contribution is 5.96. The summed E-state index contributed by atoms with van der Waals surface area (Å²) < 4.78 is 10.5. The molecule has 0 saturated carbocycles. The van der Waals surface area contributed by atoms with Crippen LogP contribution in [0.3, 0.4) is 0 Å². The van der Waals surface area contributed by atoms with E-state index < -0.39 is 0 Å². The Hall–Kier alpha value is -1.84. The maximum absolute atomic E-state index is 11.5. The first-order valence-corrected chi connectivity index (χ1v) is 6.48. The molecule has 0 aliphatic heterocycles. The van der Waals surface area contributed by atoms with E-state index in [1.807, 2.05) is 6.92 Å². The number of esters is 1. The average Bonchev–Trinajstić information content (AvgIpc) is 2.71. The molecule has 0 unspecified atom stereocenters. The van der Waals surface area contributed by atoms with E-state index in [1.165, 1.54) is 13.0 Å². The summed E-state index contributed by atoms with van der Waals surface area (Å²) in [5.41, 5.74) is 1.32. The van der Waals surface area contributed by atoms with Crippen LogP contribution in [0.2, 0.25) is 0 Å². The Morgan fingerprint density at radius 3 is 2.53 bits per heavy atom. The van der Waals surface area contributed by atoms with E-state index in [9.17, 15) is 9.59 Å². The van der Waals surface area contributed by atoms with Crippen LogP contribution in [0.15, 0.2) is 16.6 Å². The van der Waals surface area contributed by atoms with Crippen molar-refractivity contribution in [2.45, 2.75) is 40.5 Å². The number of hydrogen-bond acceptors (Lipinski definition) is 4. The van der Waals surface area contributed by atoms with Crippen LogP contribution in [0.25, 0.3) is 5.57 Å². The van der Waals surface area contributed by atoms with E-state index in [1.54, 1.807) is 19.9 Å². The van der Waals surface area contributed by atoms with Gasteiger partial charge in [-0.25, -0.2) is 4.79 Å². The molecule has 19 heavy (non-hydrogen) atoms. The van der Waals surface area contributed by atoms with Crippen LogP contribution >= 0.6 is 0 Å². The summed E-state index contributed by atoms with van der Waals surface area (Å²) in [6.07, 6.45) is 3.01. The molecule has 0 spiro atoms. The van der Waals surface area contributed by atoms with Crippen LogP contribution < -0.4 is 0 Å². The monoisotopic (exact) mass is 264 g/mol. The van der Waals surface area contributed by atoms with Crippen LogP contribution in [-0.2, 0) is 9.53 Å². The van der Waals surface area contributed by atoms with Crippen molar-refractivity contribution in [1.82, 2.24) is 0 Å². The molecule has 4 heteroatoms. The van der Waals surface area contributed by atoms with Crippen molar-refractivity contribution in [2.75, 3.05) is 6.61 Å². The van der Waals surface area contributed by atoms with Crippen molar-refractivity contribution in [1.29, 1.82) is 0 Å². The molecule has 0 saturated heterocycles. The van der Waals surface area contributed by atoms with Gasteiger partial charge in [0.1, 0.15) is 11.5 Å². The highest BCUT2D eigenvalue weighted by Crippen LogP contribution is 2.25. The second-order valence-electron chi connectivity index (χ2n) is 4.31. The molecule has 0 amide bonds. The maximum atomic E-state index is 11.5. The van der Waals surface area contributed by atoms with E-state index in [0.717, 1.165) is 12.0 Å². The minimum Gasteiger partial charge on any atom is -0.463 e. The fourth-order valence-corrected chi connectivity index (χ4v) is 1.85. The van der Waals surface area contributed by atoms with Gasteiger partial charge in [-0.05, 0) is 33.3 Å². The molecule has 0 atom stereocenters. The molecule has 0 radical (unpaired) electrons. The lowest BCUT2D eigenvalue weighted by Crippen LogP contribution is -2.01. The summed E-state index contributed by atoms with van der Waals surface area (Å²) in [5.74, 6) is 0.717. The summed E-state index contributed by atoms with van der Waals surface area (Å²) >= 11 is 0. The van der Waals surface area contributed by atoms with Crippen molar-refractivity contribution in [2.24, 2.45) is 0 Å². The van der Waals surface area contributed by atoms with Crippen molar-refractivity contribution < 1.29 is 18.7 Å². The van der Waals surface area contributed by atoms with Crippen molar-refractivity contribution in [3.63, 3.8) is 0 Å². The van der Waals surface area contributed by atoms with Gasteiger partial charge in [-0.15, -0.1) is 0 Å². The molecule has 4 nitrogen and oxygen atoms in total. The first-order valence-electron chi connectivity index (χ1n) is 6.48. The van der Waals surface area contributed by atoms with Gasteiger partial charge in [0, 0.05) is 11.6 Å². The largest absolute Gasteiger partial charge is 0.463 e. The van der Waals surface area contributed by atoms with Crippen molar-refractivity contribution in [3.8, 4) is 0 Å². The predicted molar refractivity (Wildman–Crippen MR) is 73.0 cm³/mol. The summed E-state index contributed by atoms with van der Waals surface area (Å²) in [6.45, 7) is 7.35. The number of allylic oxidation sites excluding steroid dienone is 1. The summed E-state index contributed by atoms with van der Waals surface area (Å²) in [6, 6.07) is 1.69. The van der Waals surface area contributed by atoms with Gasteiger partial charge in [-0.2, -0.15) is 0 Å². The van der Waals surface area contributed by atoms with Crippen molar-refractivity contribution >= 4 is 17.3 Å². The van der Waals surface area contributed by atoms with Gasteiger partial charge in [0.2, 0.25) is 0 Å². The Kier molecular flexibility index (Phi) is 5.55. The molecule has 0 aliphatic carbocycles. The Morgan fingerprint density at radius 2 is 2.05 bits per heavy atom. The number of ketones is 1. The smallest absolute Gasteiger partial charge is 0.331 e. The number of carbonyl (C=O) groups excluding carboxylic acids is 2. The number of Topliss-reactive ketones (excluding diaryl/α,β-unsaturated/α-hetero) is 1. The van der Waals surface area contributed by atoms with E-state index in [-0.39, 0.29) is 11.8 Å². The fraction of sp³-hybridized carbons (Fsp3) is 0.467. The number of hydrogen-bond donors (Lipinski definition) is 0. The molecule has 1 aromatic rings. The molecule has 0 bridgehead atoms. The Labute approximate surface area is 113 Å². The third-order valence-electron chi connectivity index (χ3n) is 2.71. The third kappa shape index (κ3) is 4.09. The van der Waals surface area contributed by atoms with Crippen LogP contribution in [0.1, 0.15) is 55.5 Å². The van der Waals surface area contributed by atoms with Gasteiger partial charge in [-0.1, -0.05) is 13.3 Å². The molecule has 104 valence electrons. The van der Waals surface area contributed by atoms with Crippen LogP contribution in [-0.4, -0.2) is 18.4 Å². The first-order chi connectivity index (χ1) is 8.99. The summed E-state index contributed by atoms with van der Waals surface area (Å²) in [7, 11) is 0. The standard InChI is InChI=1S/C15H20O4/c1-5-7-12(8-15(17)18-6-2)14-9-13(10(3)16)11(4)19-14/h8-9H,5-7H2,1-4H3/b12-8-. The number of carbonyl (C=O) groups is 2. The zero-order valence-corrected chi connectivity index (χ0v) is 11.9. The fourth-order valence-electron chi connectivity index (χ4n) is 1.85. The SMILES string of the molecule is CCC/C(=C/C(=O)OCC)c1cc(C(C)=O)c(C)o1. The van der Waals surface area contributed by atoms with Crippen molar-refractivity contribution in [3.05, 3.63) is 29.2 Å². The molecular weight excluding hydrogens is 244 g/mol. The lowest BCUT2D eigenvalue weighted by atomic mass is 10.1. The molecular formula is C15H20O4. The van der Waals surface area contributed by atoms with Gasteiger partial charge in [0.25, 0.3) is 0 Å². The van der Waals surface area contributed by atoms with Crippen LogP contribution in [0.4, 0.5) is 0 Å². The summed E-state index contributed by atoms with van der Waals surface area (Å²) in [5, 5.41) is 0. The molecule has 0 fully saturated rings. The number of ether oxygens (including phenoxy) is 1. The maximum Gasteiger partial charge on any atom is 0.331 e. The molecule has 1 rings (SSSR count). The minimum atomic E-state index is -0.385. The van der Waals surface area contributed by atoms with E-state index >= 15 is 0 Å².